The first-order chi connectivity index (χ1) is 9.84. The summed E-state index contributed by atoms with van der Waals surface area (Å²) in [5, 5.41) is 5.37. The molecule has 0 amide bonds. The lowest BCUT2D eigenvalue weighted by Crippen LogP contribution is -2.17. The molecule has 0 aliphatic heterocycles. The Kier molecular flexibility index (Phi) is 4.31. The van der Waals surface area contributed by atoms with Crippen LogP contribution in [0.15, 0.2) is 36.4 Å². The van der Waals surface area contributed by atoms with Crippen molar-refractivity contribution in [3.05, 3.63) is 47.8 Å². The van der Waals surface area contributed by atoms with E-state index >= 15 is 0 Å². The Balaban J connectivity index is 1.53. The average molecular weight is 271 g/mol. The van der Waals surface area contributed by atoms with Crippen molar-refractivity contribution in [3.8, 4) is 0 Å². The standard InChI is InChI=1S/C18H22FN/c19-18-12-9-14(16-7-3-4-8-17(16)18)6-2-1-5-13-20-15-10-11-15/h3-4,7-9,12,15,20H,1-2,5-6,10-11,13H2. The molecule has 0 unspecified atom stereocenters. The summed E-state index contributed by atoms with van der Waals surface area (Å²) in [4.78, 5) is 0. The van der Waals surface area contributed by atoms with Crippen LogP contribution in [-0.4, -0.2) is 12.6 Å². The Hall–Kier alpha value is -1.41. The summed E-state index contributed by atoms with van der Waals surface area (Å²) in [6.45, 7) is 1.15. The minimum absolute atomic E-state index is 0.113. The van der Waals surface area contributed by atoms with Crippen LogP contribution < -0.4 is 5.32 Å². The monoisotopic (exact) mass is 271 g/mol. The van der Waals surface area contributed by atoms with Crippen LogP contribution in [-0.2, 0) is 6.42 Å². The lowest BCUT2D eigenvalue weighted by atomic mass is 9.99. The van der Waals surface area contributed by atoms with E-state index in [0.29, 0.717) is 0 Å². The molecule has 3 rings (SSSR count). The van der Waals surface area contributed by atoms with E-state index in [1.165, 1.54) is 37.7 Å². The van der Waals surface area contributed by atoms with Gasteiger partial charge in [-0.15, -0.1) is 0 Å². The molecular formula is C18H22FN. The molecule has 0 bridgehead atoms. The Morgan fingerprint density at radius 3 is 2.55 bits per heavy atom. The largest absolute Gasteiger partial charge is 0.314 e. The lowest BCUT2D eigenvalue weighted by molar-refractivity contribution is 0.600. The molecule has 1 aliphatic rings. The molecule has 1 nitrogen and oxygen atoms in total. The first-order valence-corrected chi connectivity index (χ1v) is 7.74. The van der Waals surface area contributed by atoms with Crippen molar-refractivity contribution < 1.29 is 4.39 Å². The highest BCUT2D eigenvalue weighted by atomic mass is 19.1. The quantitative estimate of drug-likeness (QED) is 0.734. The van der Waals surface area contributed by atoms with E-state index < -0.39 is 0 Å². The van der Waals surface area contributed by atoms with Gasteiger partial charge >= 0.3 is 0 Å². The normalized spacial score (nSPS) is 14.8. The second-order valence-corrected chi connectivity index (χ2v) is 5.79. The number of benzene rings is 2. The van der Waals surface area contributed by atoms with E-state index in [9.17, 15) is 4.39 Å². The van der Waals surface area contributed by atoms with Crippen molar-refractivity contribution in [2.75, 3.05) is 6.54 Å². The number of aryl methyl sites for hydroxylation is 1. The van der Waals surface area contributed by atoms with Gasteiger partial charge in [0, 0.05) is 11.4 Å². The molecule has 2 aromatic carbocycles. The van der Waals surface area contributed by atoms with Gasteiger partial charge in [0.15, 0.2) is 0 Å². The van der Waals surface area contributed by atoms with E-state index in [0.717, 1.165) is 29.8 Å². The van der Waals surface area contributed by atoms with Gasteiger partial charge in [0.1, 0.15) is 5.82 Å². The molecule has 1 aliphatic carbocycles. The molecule has 2 heteroatoms. The van der Waals surface area contributed by atoms with Crippen LogP contribution in [0.1, 0.15) is 37.7 Å². The molecule has 1 N–H and O–H groups in total. The smallest absolute Gasteiger partial charge is 0.131 e. The van der Waals surface area contributed by atoms with Crippen LogP contribution >= 0.6 is 0 Å². The number of nitrogens with one attached hydrogen (secondary N) is 1. The van der Waals surface area contributed by atoms with Gasteiger partial charge in [0.2, 0.25) is 0 Å². The summed E-state index contributed by atoms with van der Waals surface area (Å²) in [5.41, 5.74) is 1.28. The van der Waals surface area contributed by atoms with Crippen molar-refractivity contribution in [3.63, 3.8) is 0 Å². The summed E-state index contributed by atoms with van der Waals surface area (Å²) < 4.78 is 13.7. The third kappa shape index (κ3) is 3.37. The Morgan fingerprint density at radius 2 is 1.75 bits per heavy atom. The minimum atomic E-state index is -0.113. The zero-order valence-electron chi connectivity index (χ0n) is 11.9. The molecule has 1 fully saturated rings. The van der Waals surface area contributed by atoms with Gasteiger partial charge in [-0.05, 0) is 55.7 Å². The summed E-state index contributed by atoms with van der Waals surface area (Å²) in [5.74, 6) is -0.113. The van der Waals surface area contributed by atoms with Gasteiger partial charge in [-0.1, -0.05) is 36.8 Å². The Bertz CT molecular complexity index is 575. The number of hydrogen-bond donors (Lipinski definition) is 1. The van der Waals surface area contributed by atoms with E-state index in [4.69, 9.17) is 0 Å². The minimum Gasteiger partial charge on any atom is -0.314 e. The highest BCUT2D eigenvalue weighted by Gasteiger charge is 2.19. The van der Waals surface area contributed by atoms with Gasteiger partial charge < -0.3 is 5.32 Å². The molecular weight excluding hydrogens is 249 g/mol. The van der Waals surface area contributed by atoms with Gasteiger partial charge in [0.05, 0.1) is 0 Å². The maximum Gasteiger partial charge on any atom is 0.131 e. The van der Waals surface area contributed by atoms with E-state index in [1.807, 2.05) is 30.3 Å². The third-order valence-electron chi connectivity index (χ3n) is 4.09. The average Bonchev–Trinajstić information content (AvgIpc) is 3.29. The predicted octanol–water partition coefficient (Wildman–Crippen LogP) is 4.44. The second-order valence-electron chi connectivity index (χ2n) is 5.79. The highest BCUT2D eigenvalue weighted by molar-refractivity contribution is 5.86. The predicted molar refractivity (Wildman–Crippen MR) is 82.5 cm³/mol. The first kappa shape index (κ1) is 13.6. The SMILES string of the molecule is Fc1ccc(CCCCCNC2CC2)c2ccccc12. The van der Waals surface area contributed by atoms with Crippen molar-refractivity contribution in [1.29, 1.82) is 0 Å². The van der Waals surface area contributed by atoms with Gasteiger partial charge in [0.25, 0.3) is 0 Å². The fraction of sp³-hybridized carbons (Fsp3) is 0.444. The van der Waals surface area contributed by atoms with Gasteiger partial charge in [-0.2, -0.15) is 0 Å². The number of halogens is 1. The van der Waals surface area contributed by atoms with Gasteiger partial charge in [-0.3, -0.25) is 0 Å². The molecule has 0 radical (unpaired) electrons. The molecule has 0 aromatic heterocycles. The first-order valence-electron chi connectivity index (χ1n) is 7.74. The van der Waals surface area contributed by atoms with Crippen molar-refractivity contribution in [2.45, 2.75) is 44.6 Å². The molecule has 1 saturated carbocycles. The highest BCUT2D eigenvalue weighted by Crippen LogP contribution is 2.23. The van der Waals surface area contributed by atoms with Crippen molar-refractivity contribution in [2.24, 2.45) is 0 Å². The summed E-state index contributed by atoms with van der Waals surface area (Å²) in [6.07, 6.45) is 7.44. The molecule has 20 heavy (non-hydrogen) atoms. The molecule has 0 spiro atoms. The van der Waals surface area contributed by atoms with Crippen LogP contribution in [0.3, 0.4) is 0 Å². The fourth-order valence-corrected chi connectivity index (χ4v) is 2.75. The van der Waals surface area contributed by atoms with Crippen LogP contribution in [0.4, 0.5) is 4.39 Å². The van der Waals surface area contributed by atoms with Crippen LogP contribution in [0, 0.1) is 5.82 Å². The topological polar surface area (TPSA) is 12.0 Å². The number of hydrogen-bond acceptors (Lipinski definition) is 1. The second kappa shape index (κ2) is 6.36. The summed E-state index contributed by atoms with van der Waals surface area (Å²) >= 11 is 0. The molecule has 106 valence electrons. The van der Waals surface area contributed by atoms with E-state index in [-0.39, 0.29) is 5.82 Å². The van der Waals surface area contributed by atoms with Gasteiger partial charge in [-0.25, -0.2) is 4.39 Å². The summed E-state index contributed by atoms with van der Waals surface area (Å²) in [6, 6.07) is 12.2. The van der Waals surface area contributed by atoms with E-state index in [2.05, 4.69) is 5.32 Å². The molecule has 0 saturated heterocycles. The third-order valence-corrected chi connectivity index (χ3v) is 4.09. The van der Waals surface area contributed by atoms with E-state index in [1.54, 1.807) is 6.07 Å². The number of fused-ring (bicyclic) bond motifs is 1. The van der Waals surface area contributed by atoms with Crippen molar-refractivity contribution >= 4 is 10.8 Å². The number of unbranched alkanes of at least 4 members (excludes halogenated alkanes) is 2. The zero-order valence-corrected chi connectivity index (χ0v) is 11.9. The van der Waals surface area contributed by atoms with Crippen LogP contribution in [0.2, 0.25) is 0 Å². The number of rotatable bonds is 7. The molecule has 2 aromatic rings. The zero-order chi connectivity index (χ0) is 13.8. The molecule has 0 heterocycles. The fourth-order valence-electron chi connectivity index (χ4n) is 2.75. The lowest BCUT2D eigenvalue weighted by Gasteiger charge is -2.08. The van der Waals surface area contributed by atoms with Crippen LogP contribution in [0.25, 0.3) is 10.8 Å². The molecule has 0 atom stereocenters. The maximum absolute atomic E-state index is 13.7. The summed E-state index contributed by atoms with van der Waals surface area (Å²) in [7, 11) is 0. The van der Waals surface area contributed by atoms with Crippen molar-refractivity contribution in [1.82, 2.24) is 5.32 Å². The Morgan fingerprint density at radius 1 is 0.950 bits per heavy atom. The Labute approximate surface area is 120 Å². The maximum atomic E-state index is 13.7. The van der Waals surface area contributed by atoms with Crippen LogP contribution in [0.5, 0.6) is 0 Å².